The zero-order valence-corrected chi connectivity index (χ0v) is 11.1. The van der Waals surface area contributed by atoms with Gasteiger partial charge in [-0.3, -0.25) is 4.90 Å². The molecule has 1 heterocycles. The monoisotopic (exact) mass is 254 g/mol. The second-order valence-electron chi connectivity index (χ2n) is 5.19. The van der Waals surface area contributed by atoms with Crippen molar-refractivity contribution >= 4 is 12.1 Å². The zero-order valence-electron chi connectivity index (χ0n) is 11.1. The number of nitrogens with zero attached hydrogens (tertiary/aromatic N) is 2. The van der Waals surface area contributed by atoms with E-state index in [0.29, 0.717) is 6.42 Å². The van der Waals surface area contributed by atoms with Gasteiger partial charge in [0.15, 0.2) is 0 Å². The Morgan fingerprint density at radius 3 is 2.44 bits per heavy atom. The van der Waals surface area contributed by atoms with E-state index in [1.54, 1.807) is 20.8 Å². The lowest BCUT2D eigenvalue weighted by Gasteiger charge is -2.26. The first-order valence-electron chi connectivity index (χ1n) is 5.72. The molecule has 0 aliphatic carbocycles. The van der Waals surface area contributed by atoms with Crippen LogP contribution in [-0.2, 0) is 14.3 Å². The van der Waals surface area contributed by atoms with Crippen molar-refractivity contribution in [1.82, 2.24) is 4.90 Å². The van der Waals surface area contributed by atoms with Gasteiger partial charge in [-0.2, -0.15) is 0 Å². The summed E-state index contributed by atoms with van der Waals surface area (Å²) >= 11 is 0. The van der Waals surface area contributed by atoms with Crippen molar-refractivity contribution in [3.8, 4) is 0 Å². The van der Waals surface area contributed by atoms with E-state index in [1.807, 2.05) is 0 Å². The highest BCUT2D eigenvalue weighted by molar-refractivity contribution is 5.82. The van der Waals surface area contributed by atoms with E-state index in [-0.39, 0.29) is 12.6 Å². The third kappa shape index (κ3) is 3.36. The molecule has 0 aromatic rings. The van der Waals surface area contributed by atoms with Crippen molar-refractivity contribution in [1.29, 1.82) is 0 Å². The summed E-state index contributed by atoms with van der Waals surface area (Å²) in [6, 6.07) is -1.09. The van der Waals surface area contributed by atoms with Crippen molar-refractivity contribution < 1.29 is 19.1 Å². The number of carbonyl (C=O) groups excluding carboxylic acids is 2. The van der Waals surface area contributed by atoms with E-state index >= 15 is 0 Å². The summed E-state index contributed by atoms with van der Waals surface area (Å²) in [6.07, 6.45) is -0.279. The minimum absolute atomic E-state index is 0.207. The molecule has 2 atom stereocenters. The summed E-state index contributed by atoms with van der Waals surface area (Å²) in [5.41, 5.74) is -0.631. The standard InChI is InChI=1S/C12H18N2O4/c1-12(2,3)18-11(16)14-7-8(13-4)6-9(14)10(15)17-5/h8-9H,6-7H2,1-3,5H3. The molecule has 0 spiro atoms. The van der Waals surface area contributed by atoms with Crippen molar-refractivity contribution in [2.75, 3.05) is 13.7 Å². The maximum Gasteiger partial charge on any atom is 0.411 e. The van der Waals surface area contributed by atoms with E-state index < -0.39 is 23.7 Å². The Morgan fingerprint density at radius 2 is 2.00 bits per heavy atom. The molecule has 0 aromatic heterocycles. The highest BCUT2D eigenvalue weighted by Gasteiger charge is 2.45. The smallest absolute Gasteiger partial charge is 0.411 e. The van der Waals surface area contributed by atoms with Crippen LogP contribution in [0.5, 0.6) is 0 Å². The van der Waals surface area contributed by atoms with Crippen LogP contribution in [0.3, 0.4) is 0 Å². The number of esters is 1. The number of rotatable bonds is 1. The van der Waals surface area contributed by atoms with Gasteiger partial charge < -0.3 is 14.3 Å². The Bertz CT molecular complexity index is 381. The highest BCUT2D eigenvalue weighted by atomic mass is 16.6. The molecular formula is C12H18N2O4. The Balaban J connectivity index is 2.81. The summed E-state index contributed by atoms with van der Waals surface area (Å²) < 4.78 is 9.86. The fraction of sp³-hybridized carbons (Fsp3) is 0.750. The molecule has 1 fully saturated rings. The molecule has 100 valence electrons. The minimum Gasteiger partial charge on any atom is -0.467 e. The molecular weight excluding hydrogens is 236 g/mol. The third-order valence-corrected chi connectivity index (χ3v) is 2.56. The Labute approximate surface area is 107 Å². The largest absolute Gasteiger partial charge is 0.467 e. The quantitative estimate of drug-likeness (QED) is 0.525. The molecule has 0 bridgehead atoms. The van der Waals surface area contributed by atoms with Gasteiger partial charge in [-0.1, -0.05) is 0 Å². The van der Waals surface area contributed by atoms with Crippen molar-refractivity contribution in [2.45, 2.75) is 44.9 Å². The van der Waals surface area contributed by atoms with Crippen molar-refractivity contribution in [3.63, 3.8) is 0 Å². The molecule has 2 unspecified atom stereocenters. The number of amides is 1. The molecule has 1 aliphatic rings. The molecule has 6 heteroatoms. The fourth-order valence-corrected chi connectivity index (χ4v) is 1.79. The summed E-state index contributed by atoms with van der Waals surface area (Å²) in [6.45, 7) is 12.5. The normalized spacial score (nSPS) is 23.4. The van der Waals surface area contributed by atoms with Crippen LogP contribution in [0.4, 0.5) is 4.79 Å². The molecule has 0 aromatic carbocycles. The van der Waals surface area contributed by atoms with Gasteiger partial charge >= 0.3 is 12.1 Å². The van der Waals surface area contributed by atoms with Gasteiger partial charge in [0.25, 0.3) is 0 Å². The number of likely N-dealkylation sites (tertiary alicyclic amines) is 1. The SMILES string of the molecule is [C-]#[N+]C1CC(C(=O)OC)N(C(=O)OC(C)(C)C)C1. The predicted octanol–water partition coefficient (Wildman–Crippen LogP) is 1.46. The van der Waals surface area contributed by atoms with Gasteiger partial charge in [0, 0.05) is 0 Å². The fourth-order valence-electron chi connectivity index (χ4n) is 1.79. The minimum atomic E-state index is -0.719. The number of methoxy groups -OCH3 is 1. The molecule has 1 amide bonds. The molecule has 1 aliphatic heterocycles. The number of hydrogen-bond acceptors (Lipinski definition) is 4. The molecule has 0 saturated carbocycles. The molecule has 18 heavy (non-hydrogen) atoms. The second-order valence-corrected chi connectivity index (χ2v) is 5.19. The third-order valence-electron chi connectivity index (χ3n) is 2.56. The van der Waals surface area contributed by atoms with E-state index in [1.165, 1.54) is 12.0 Å². The predicted molar refractivity (Wildman–Crippen MR) is 63.8 cm³/mol. The van der Waals surface area contributed by atoms with Crippen LogP contribution < -0.4 is 0 Å². The lowest BCUT2D eigenvalue weighted by atomic mass is 10.2. The summed E-state index contributed by atoms with van der Waals surface area (Å²) in [5.74, 6) is -0.507. The van der Waals surface area contributed by atoms with E-state index in [0.717, 1.165) is 0 Å². The Hall–Kier alpha value is -1.77. The van der Waals surface area contributed by atoms with Gasteiger partial charge in [0.2, 0.25) is 6.04 Å². The topological polar surface area (TPSA) is 60.2 Å². The molecule has 1 rings (SSSR count). The van der Waals surface area contributed by atoms with Gasteiger partial charge in [-0.05, 0) is 20.8 Å². The van der Waals surface area contributed by atoms with Crippen LogP contribution in [0.2, 0.25) is 0 Å². The van der Waals surface area contributed by atoms with Crippen molar-refractivity contribution in [2.24, 2.45) is 0 Å². The van der Waals surface area contributed by atoms with Gasteiger partial charge in [-0.15, -0.1) is 0 Å². The first-order chi connectivity index (χ1) is 8.28. The van der Waals surface area contributed by atoms with E-state index in [4.69, 9.17) is 11.3 Å². The molecule has 0 N–H and O–H groups in total. The zero-order chi connectivity index (χ0) is 13.9. The molecule has 1 saturated heterocycles. The van der Waals surface area contributed by atoms with Crippen LogP contribution in [-0.4, -0.2) is 48.3 Å². The highest BCUT2D eigenvalue weighted by Crippen LogP contribution is 2.24. The number of ether oxygens (including phenoxy) is 2. The number of hydrogen-bond donors (Lipinski definition) is 0. The molecule has 6 nitrogen and oxygen atoms in total. The Morgan fingerprint density at radius 1 is 1.39 bits per heavy atom. The van der Waals surface area contributed by atoms with Crippen LogP contribution in [0, 0.1) is 6.57 Å². The maximum atomic E-state index is 11.9. The number of carbonyl (C=O) groups is 2. The van der Waals surface area contributed by atoms with Gasteiger partial charge in [0.1, 0.15) is 18.2 Å². The lowest BCUT2D eigenvalue weighted by Crippen LogP contribution is -2.43. The molecule has 0 radical (unpaired) electrons. The van der Waals surface area contributed by atoms with Gasteiger partial charge in [-0.25, -0.2) is 16.2 Å². The lowest BCUT2D eigenvalue weighted by molar-refractivity contribution is -0.145. The van der Waals surface area contributed by atoms with E-state index in [9.17, 15) is 9.59 Å². The van der Waals surface area contributed by atoms with Gasteiger partial charge in [0.05, 0.1) is 13.5 Å². The van der Waals surface area contributed by atoms with Crippen LogP contribution in [0.15, 0.2) is 0 Å². The first-order valence-corrected chi connectivity index (χ1v) is 5.72. The first kappa shape index (κ1) is 14.3. The summed E-state index contributed by atoms with van der Waals surface area (Å²) in [4.78, 5) is 28.2. The Kier molecular flexibility index (Phi) is 4.17. The van der Waals surface area contributed by atoms with E-state index in [2.05, 4.69) is 9.58 Å². The van der Waals surface area contributed by atoms with Crippen LogP contribution >= 0.6 is 0 Å². The maximum absolute atomic E-state index is 11.9. The average Bonchev–Trinajstić information content (AvgIpc) is 2.69. The second kappa shape index (κ2) is 5.25. The summed E-state index contributed by atoms with van der Waals surface area (Å²) in [7, 11) is 1.26. The van der Waals surface area contributed by atoms with Crippen LogP contribution in [0.25, 0.3) is 4.85 Å². The average molecular weight is 254 g/mol. The van der Waals surface area contributed by atoms with Crippen LogP contribution in [0.1, 0.15) is 27.2 Å². The summed E-state index contributed by atoms with van der Waals surface area (Å²) in [5, 5.41) is 0. The van der Waals surface area contributed by atoms with Crippen molar-refractivity contribution in [3.05, 3.63) is 11.4 Å².